The molecule has 154 valence electrons. The summed E-state index contributed by atoms with van der Waals surface area (Å²) < 4.78 is 1.65. The van der Waals surface area contributed by atoms with Crippen molar-refractivity contribution < 1.29 is 9.90 Å². The van der Waals surface area contributed by atoms with Gasteiger partial charge >= 0.3 is 0 Å². The van der Waals surface area contributed by atoms with Crippen LogP contribution < -0.4 is 5.32 Å². The third-order valence-electron chi connectivity index (χ3n) is 7.43. The summed E-state index contributed by atoms with van der Waals surface area (Å²) in [5.41, 5.74) is -0.0968. The molecule has 2 N–H and O–H groups in total. The predicted octanol–water partition coefficient (Wildman–Crippen LogP) is 1.98. The Kier molecular flexibility index (Phi) is 4.65. The van der Waals surface area contributed by atoms with Crippen LogP contribution in [0.5, 0.6) is 0 Å². The average molecular weight is 396 g/mol. The maximum atomic E-state index is 13.8. The molecule has 0 spiro atoms. The number of rotatable bonds is 7. The maximum Gasteiger partial charge on any atom is 0.231 e. The summed E-state index contributed by atoms with van der Waals surface area (Å²) >= 11 is 0. The Labute approximate surface area is 170 Å². The lowest BCUT2D eigenvalue weighted by atomic mass is 9.53. The van der Waals surface area contributed by atoms with Gasteiger partial charge in [0.15, 0.2) is 0 Å². The first-order valence-corrected chi connectivity index (χ1v) is 10.7. The van der Waals surface area contributed by atoms with Crippen LogP contribution in [0.25, 0.3) is 0 Å². The molecular weight excluding hydrogens is 366 g/mol. The molecule has 0 aromatic carbocycles. The molecule has 4 saturated carbocycles. The van der Waals surface area contributed by atoms with Crippen molar-refractivity contribution in [3.63, 3.8) is 0 Å². The van der Waals surface area contributed by atoms with Gasteiger partial charge in [-0.1, -0.05) is 5.21 Å². The van der Waals surface area contributed by atoms with Crippen molar-refractivity contribution in [3.8, 4) is 0 Å². The largest absolute Gasteiger partial charge is 0.395 e. The standard InChI is InChI=1S/C22H29N5O2/c28-15-21(14-27-6-5-24-26-27,10-16-1-3-23-4-2-16)20(29)25-22-11-17-7-18(12-22)9-19(8-17)13-22/h1-6,17-19,28H,7-15H2,(H,25,29). The minimum Gasteiger partial charge on any atom is -0.395 e. The summed E-state index contributed by atoms with van der Waals surface area (Å²) in [5, 5.41) is 21.9. The fourth-order valence-corrected chi connectivity index (χ4v) is 6.54. The monoisotopic (exact) mass is 395 g/mol. The van der Waals surface area contributed by atoms with Gasteiger partial charge in [0.25, 0.3) is 0 Å². The van der Waals surface area contributed by atoms with E-state index >= 15 is 0 Å². The molecule has 2 aromatic heterocycles. The second-order valence-electron chi connectivity index (χ2n) is 9.72. The zero-order chi connectivity index (χ0) is 19.9. The van der Waals surface area contributed by atoms with E-state index in [-0.39, 0.29) is 18.1 Å². The van der Waals surface area contributed by atoms with Gasteiger partial charge in [-0.2, -0.15) is 0 Å². The lowest BCUT2D eigenvalue weighted by Gasteiger charge is -2.57. The van der Waals surface area contributed by atoms with Crippen LogP contribution in [0, 0.1) is 23.2 Å². The number of hydrogen-bond acceptors (Lipinski definition) is 5. The molecule has 6 rings (SSSR count). The zero-order valence-corrected chi connectivity index (χ0v) is 16.7. The van der Waals surface area contributed by atoms with Crippen molar-refractivity contribution in [2.75, 3.05) is 6.61 Å². The van der Waals surface area contributed by atoms with E-state index in [1.807, 2.05) is 12.1 Å². The smallest absolute Gasteiger partial charge is 0.231 e. The Morgan fingerprint density at radius 3 is 2.34 bits per heavy atom. The highest BCUT2D eigenvalue weighted by molar-refractivity contribution is 5.84. The minimum atomic E-state index is -0.988. The van der Waals surface area contributed by atoms with E-state index in [1.165, 1.54) is 19.3 Å². The van der Waals surface area contributed by atoms with Gasteiger partial charge in [-0.3, -0.25) is 14.5 Å². The fraction of sp³-hybridized carbons (Fsp3) is 0.636. The van der Waals surface area contributed by atoms with Gasteiger partial charge in [-0.25, -0.2) is 0 Å². The molecule has 4 aliphatic carbocycles. The molecule has 4 aliphatic rings. The number of hydrogen-bond donors (Lipinski definition) is 2. The summed E-state index contributed by atoms with van der Waals surface area (Å²) in [6.07, 6.45) is 14.5. The van der Waals surface area contributed by atoms with E-state index < -0.39 is 5.41 Å². The Morgan fingerprint density at radius 2 is 1.79 bits per heavy atom. The zero-order valence-electron chi connectivity index (χ0n) is 16.7. The highest BCUT2D eigenvalue weighted by Crippen LogP contribution is 2.55. The molecule has 4 fully saturated rings. The van der Waals surface area contributed by atoms with Crippen LogP contribution >= 0.6 is 0 Å². The van der Waals surface area contributed by atoms with E-state index in [9.17, 15) is 9.90 Å². The third-order valence-corrected chi connectivity index (χ3v) is 7.43. The number of amides is 1. The molecule has 2 heterocycles. The molecule has 7 heteroatoms. The number of nitrogens with zero attached hydrogens (tertiary/aromatic N) is 4. The topological polar surface area (TPSA) is 92.9 Å². The first kappa shape index (κ1) is 18.7. The number of nitrogens with one attached hydrogen (secondary N) is 1. The van der Waals surface area contributed by atoms with Gasteiger partial charge in [0.05, 0.1) is 24.8 Å². The molecule has 7 nitrogen and oxygen atoms in total. The van der Waals surface area contributed by atoms with Crippen molar-refractivity contribution in [1.82, 2.24) is 25.3 Å². The Hall–Kier alpha value is -2.28. The summed E-state index contributed by atoms with van der Waals surface area (Å²) in [4.78, 5) is 17.8. The van der Waals surface area contributed by atoms with Crippen molar-refractivity contribution in [2.45, 2.75) is 57.0 Å². The molecule has 1 unspecified atom stereocenters. The van der Waals surface area contributed by atoms with Crippen LogP contribution in [0.1, 0.15) is 44.1 Å². The fourth-order valence-electron chi connectivity index (χ4n) is 6.54. The molecule has 2 aromatic rings. The van der Waals surface area contributed by atoms with E-state index in [2.05, 4.69) is 20.6 Å². The normalized spacial score (nSPS) is 32.1. The third kappa shape index (κ3) is 3.56. The summed E-state index contributed by atoms with van der Waals surface area (Å²) in [7, 11) is 0. The van der Waals surface area contributed by atoms with Crippen LogP contribution in [0.4, 0.5) is 0 Å². The second kappa shape index (κ2) is 7.20. The predicted molar refractivity (Wildman–Crippen MR) is 107 cm³/mol. The number of aromatic nitrogens is 4. The lowest BCUT2D eigenvalue weighted by Crippen LogP contribution is -2.63. The summed E-state index contributed by atoms with van der Waals surface area (Å²) in [5.74, 6) is 2.19. The van der Waals surface area contributed by atoms with Crippen LogP contribution in [0.2, 0.25) is 0 Å². The average Bonchev–Trinajstić information content (AvgIpc) is 3.19. The highest BCUT2D eigenvalue weighted by Gasteiger charge is 2.53. The van der Waals surface area contributed by atoms with Gasteiger partial charge in [-0.15, -0.1) is 5.10 Å². The van der Waals surface area contributed by atoms with Gasteiger partial charge in [0.1, 0.15) is 0 Å². The van der Waals surface area contributed by atoms with Crippen LogP contribution in [0.15, 0.2) is 36.9 Å². The molecule has 0 radical (unpaired) electrons. The van der Waals surface area contributed by atoms with Gasteiger partial charge in [-0.05, 0) is 80.4 Å². The Balaban J connectivity index is 1.42. The van der Waals surface area contributed by atoms with Crippen LogP contribution in [-0.2, 0) is 17.8 Å². The van der Waals surface area contributed by atoms with Crippen LogP contribution in [0.3, 0.4) is 0 Å². The first-order valence-electron chi connectivity index (χ1n) is 10.7. The molecule has 0 aliphatic heterocycles. The number of pyridine rings is 1. The number of aliphatic hydroxyl groups is 1. The maximum absolute atomic E-state index is 13.8. The number of carbonyl (C=O) groups excluding carboxylic acids is 1. The molecule has 4 bridgehead atoms. The van der Waals surface area contributed by atoms with E-state index in [1.54, 1.807) is 29.5 Å². The first-order chi connectivity index (χ1) is 14.1. The Bertz CT molecular complexity index is 818. The van der Waals surface area contributed by atoms with E-state index in [0.717, 1.165) is 42.6 Å². The van der Waals surface area contributed by atoms with Crippen molar-refractivity contribution in [3.05, 3.63) is 42.5 Å². The Morgan fingerprint density at radius 1 is 1.14 bits per heavy atom. The van der Waals surface area contributed by atoms with E-state index in [0.29, 0.717) is 13.0 Å². The van der Waals surface area contributed by atoms with Crippen molar-refractivity contribution >= 4 is 5.91 Å². The van der Waals surface area contributed by atoms with Crippen LogP contribution in [-0.4, -0.2) is 43.1 Å². The number of carbonyl (C=O) groups is 1. The molecule has 29 heavy (non-hydrogen) atoms. The van der Waals surface area contributed by atoms with Crippen molar-refractivity contribution in [1.29, 1.82) is 0 Å². The second-order valence-corrected chi connectivity index (χ2v) is 9.72. The summed E-state index contributed by atoms with van der Waals surface area (Å²) in [6.45, 7) is 0.0530. The van der Waals surface area contributed by atoms with E-state index in [4.69, 9.17) is 0 Å². The lowest BCUT2D eigenvalue weighted by molar-refractivity contribution is -0.140. The molecule has 0 saturated heterocycles. The van der Waals surface area contributed by atoms with Gasteiger partial charge in [0, 0.05) is 24.1 Å². The van der Waals surface area contributed by atoms with Gasteiger partial charge in [0.2, 0.25) is 5.91 Å². The van der Waals surface area contributed by atoms with Crippen molar-refractivity contribution in [2.24, 2.45) is 23.2 Å². The minimum absolute atomic E-state index is 0.0609. The molecule has 1 atom stereocenters. The highest BCUT2D eigenvalue weighted by atomic mass is 16.3. The quantitative estimate of drug-likeness (QED) is 0.748. The molecular formula is C22H29N5O2. The van der Waals surface area contributed by atoms with Gasteiger partial charge < -0.3 is 10.4 Å². The summed E-state index contributed by atoms with van der Waals surface area (Å²) in [6, 6.07) is 3.81. The molecule has 1 amide bonds. The number of aliphatic hydroxyl groups excluding tert-OH is 1. The SMILES string of the molecule is O=C(NC12CC3CC(CC(C3)C1)C2)C(CO)(Cc1ccncc1)Cn1ccnn1.